The van der Waals surface area contributed by atoms with Crippen molar-refractivity contribution in [3.8, 4) is 0 Å². The number of ether oxygens (including phenoxy) is 1. The van der Waals surface area contributed by atoms with Crippen LogP contribution in [-0.2, 0) is 14.8 Å². The standard InChI is InChI=1S/C23H26N4O5S/c1-32-12-10-25-23(29)19-15-26-20-8-7-17(13-18(20)22(19)28)33(30,31)27-11-3-2-6-21(27)16-5-4-9-24-14-16/h4-5,7-9,13-15,21H,2-3,6,10-12H2,1H3,(H,25,29)(H,26,28). The number of aromatic nitrogens is 2. The lowest BCUT2D eigenvalue weighted by atomic mass is 9.99. The summed E-state index contributed by atoms with van der Waals surface area (Å²) in [5.74, 6) is -0.545. The highest BCUT2D eigenvalue weighted by atomic mass is 32.2. The zero-order chi connectivity index (χ0) is 23.4. The minimum absolute atomic E-state index is 0.0215. The van der Waals surface area contributed by atoms with Gasteiger partial charge in [0.2, 0.25) is 15.5 Å². The van der Waals surface area contributed by atoms with Crippen LogP contribution in [0.25, 0.3) is 10.9 Å². The molecule has 0 spiro atoms. The molecule has 1 saturated heterocycles. The number of nitrogens with zero attached hydrogens (tertiary/aromatic N) is 2. The molecule has 3 heterocycles. The highest BCUT2D eigenvalue weighted by molar-refractivity contribution is 7.89. The Kier molecular flexibility index (Phi) is 6.87. The molecule has 0 bridgehead atoms. The number of amides is 1. The van der Waals surface area contributed by atoms with Gasteiger partial charge in [0.15, 0.2) is 0 Å². The van der Waals surface area contributed by atoms with Crippen LogP contribution in [0.3, 0.4) is 0 Å². The highest BCUT2D eigenvalue weighted by Gasteiger charge is 2.34. The molecule has 1 unspecified atom stereocenters. The van der Waals surface area contributed by atoms with Crippen LogP contribution >= 0.6 is 0 Å². The van der Waals surface area contributed by atoms with Crippen LogP contribution in [0.4, 0.5) is 0 Å². The predicted octanol–water partition coefficient (Wildman–Crippen LogP) is 2.22. The summed E-state index contributed by atoms with van der Waals surface area (Å²) in [5.41, 5.74) is 0.682. The van der Waals surface area contributed by atoms with Gasteiger partial charge in [-0.15, -0.1) is 0 Å². The summed E-state index contributed by atoms with van der Waals surface area (Å²) >= 11 is 0. The molecule has 9 nitrogen and oxygen atoms in total. The number of fused-ring (bicyclic) bond motifs is 1. The van der Waals surface area contributed by atoms with Crippen molar-refractivity contribution in [1.29, 1.82) is 0 Å². The summed E-state index contributed by atoms with van der Waals surface area (Å²) in [6.45, 7) is 0.956. The average Bonchev–Trinajstić information content (AvgIpc) is 2.84. The minimum Gasteiger partial charge on any atom is -0.383 e. The van der Waals surface area contributed by atoms with E-state index >= 15 is 0 Å². The number of nitrogens with one attached hydrogen (secondary N) is 2. The van der Waals surface area contributed by atoms with E-state index in [-0.39, 0.29) is 28.4 Å². The van der Waals surface area contributed by atoms with E-state index in [2.05, 4.69) is 15.3 Å². The molecule has 4 rings (SSSR count). The van der Waals surface area contributed by atoms with Crippen molar-refractivity contribution in [2.24, 2.45) is 0 Å². The van der Waals surface area contributed by atoms with Gasteiger partial charge in [-0.3, -0.25) is 14.6 Å². The maximum absolute atomic E-state index is 13.6. The van der Waals surface area contributed by atoms with Crippen molar-refractivity contribution >= 4 is 26.8 Å². The Labute approximate surface area is 191 Å². The van der Waals surface area contributed by atoms with Crippen LogP contribution in [0.5, 0.6) is 0 Å². The number of aromatic amines is 1. The van der Waals surface area contributed by atoms with E-state index in [4.69, 9.17) is 4.74 Å². The fourth-order valence-electron chi connectivity index (χ4n) is 4.12. The Hall–Kier alpha value is -3.08. The minimum atomic E-state index is -3.88. The average molecular weight is 471 g/mol. The first kappa shape index (κ1) is 23.1. The van der Waals surface area contributed by atoms with Gasteiger partial charge in [-0.05, 0) is 42.7 Å². The zero-order valence-electron chi connectivity index (χ0n) is 18.3. The second-order valence-electron chi connectivity index (χ2n) is 7.90. The van der Waals surface area contributed by atoms with Gasteiger partial charge < -0.3 is 15.0 Å². The summed E-state index contributed by atoms with van der Waals surface area (Å²) in [6.07, 6.45) is 7.07. The number of sulfonamides is 1. The van der Waals surface area contributed by atoms with E-state index in [1.165, 1.54) is 29.7 Å². The van der Waals surface area contributed by atoms with Crippen LogP contribution < -0.4 is 10.7 Å². The summed E-state index contributed by atoms with van der Waals surface area (Å²) in [5, 5.41) is 2.75. The van der Waals surface area contributed by atoms with E-state index in [0.29, 0.717) is 25.1 Å². The van der Waals surface area contributed by atoms with E-state index < -0.39 is 21.4 Å². The highest BCUT2D eigenvalue weighted by Crippen LogP contribution is 2.35. The van der Waals surface area contributed by atoms with E-state index in [0.717, 1.165) is 18.4 Å². The summed E-state index contributed by atoms with van der Waals surface area (Å²) < 4.78 is 33.6. The van der Waals surface area contributed by atoms with E-state index in [9.17, 15) is 18.0 Å². The molecule has 1 fully saturated rings. The fraction of sp³-hybridized carbons (Fsp3) is 0.348. The monoisotopic (exact) mass is 470 g/mol. The molecule has 1 aliphatic rings. The predicted molar refractivity (Wildman–Crippen MR) is 123 cm³/mol. The number of H-pyrrole nitrogens is 1. The number of hydrogen-bond donors (Lipinski definition) is 2. The number of methoxy groups -OCH3 is 1. The van der Waals surface area contributed by atoms with Crippen molar-refractivity contribution in [2.45, 2.75) is 30.2 Å². The summed E-state index contributed by atoms with van der Waals surface area (Å²) in [4.78, 5) is 32.5. The van der Waals surface area contributed by atoms with Crippen molar-refractivity contribution in [3.63, 3.8) is 0 Å². The summed E-state index contributed by atoms with van der Waals surface area (Å²) in [7, 11) is -2.37. The molecule has 1 aliphatic heterocycles. The summed E-state index contributed by atoms with van der Waals surface area (Å²) in [6, 6.07) is 7.75. The maximum atomic E-state index is 13.6. The molecule has 2 aromatic heterocycles. The van der Waals surface area contributed by atoms with E-state index in [1.807, 2.05) is 6.07 Å². The largest absolute Gasteiger partial charge is 0.383 e. The molecule has 1 amide bonds. The second kappa shape index (κ2) is 9.82. The molecular formula is C23H26N4O5S. The zero-order valence-corrected chi connectivity index (χ0v) is 19.1. The molecule has 0 saturated carbocycles. The first-order valence-corrected chi connectivity index (χ1v) is 12.2. The Morgan fingerprint density at radius 2 is 2.15 bits per heavy atom. The van der Waals surface area contributed by atoms with Crippen LogP contribution in [0.2, 0.25) is 0 Å². The quantitative estimate of drug-likeness (QED) is 0.511. The van der Waals surface area contributed by atoms with Crippen LogP contribution in [0.1, 0.15) is 41.2 Å². The van der Waals surface area contributed by atoms with Crippen molar-refractivity contribution in [1.82, 2.24) is 19.6 Å². The van der Waals surface area contributed by atoms with Gasteiger partial charge >= 0.3 is 0 Å². The SMILES string of the molecule is COCCNC(=O)c1c[nH]c2ccc(S(=O)(=O)N3CCCCC3c3cccnc3)cc2c1=O. The first-order valence-electron chi connectivity index (χ1n) is 10.8. The smallest absolute Gasteiger partial charge is 0.256 e. The number of rotatable bonds is 7. The molecule has 2 N–H and O–H groups in total. The molecular weight excluding hydrogens is 444 g/mol. The lowest BCUT2D eigenvalue weighted by Crippen LogP contribution is -2.38. The number of carbonyl (C=O) groups is 1. The van der Waals surface area contributed by atoms with Gasteiger partial charge in [0.1, 0.15) is 5.56 Å². The molecule has 0 radical (unpaired) electrons. The van der Waals surface area contributed by atoms with Crippen LogP contribution in [0, 0.1) is 0 Å². The van der Waals surface area contributed by atoms with Gasteiger partial charge in [-0.1, -0.05) is 12.5 Å². The Balaban J connectivity index is 1.71. The number of carbonyl (C=O) groups excluding carboxylic acids is 1. The number of hydrogen-bond acceptors (Lipinski definition) is 6. The van der Waals surface area contributed by atoms with Crippen molar-refractivity contribution in [2.75, 3.05) is 26.8 Å². The Morgan fingerprint density at radius 1 is 1.30 bits per heavy atom. The van der Waals surface area contributed by atoms with Crippen molar-refractivity contribution < 1.29 is 17.9 Å². The number of piperidine rings is 1. The van der Waals surface area contributed by atoms with Gasteiger partial charge in [-0.2, -0.15) is 4.31 Å². The molecule has 3 aromatic rings. The van der Waals surface area contributed by atoms with Crippen LogP contribution in [0.15, 0.2) is 58.6 Å². The topological polar surface area (TPSA) is 121 Å². The van der Waals surface area contributed by atoms with E-state index in [1.54, 1.807) is 24.5 Å². The molecule has 174 valence electrons. The lowest BCUT2D eigenvalue weighted by Gasteiger charge is -2.34. The maximum Gasteiger partial charge on any atom is 0.256 e. The lowest BCUT2D eigenvalue weighted by molar-refractivity contribution is 0.0936. The fourth-order valence-corrected chi connectivity index (χ4v) is 5.83. The molecule has 1 aromatic carbocycles. The van der Waals surface area contributed by atoms with Gasteiger partial charge in [0, 0.05) is 49.7 Å². The Morgan fingerprint density at radius 3 is 2.91 bits per heavy atom. The third kappa shape index (κ3) is 4.68. The van der Waals surface area contributed by atoms with Crippen LogP contribution in [-0.4, -0.2) is 55.4 Å². The third-order valence-corrected chi connectivity index (χ3v) is 7.72. The molecule has 10 heteroatoms. The van der Waals surface area contributed by atoms with Gasteiger partial charge in [0.05, 0.1) is 17.5 Å². The molecule has 1 atom stereocenters. The van der Waals surface area contributed by atoms with Gasteiger partial charge in [0.25, 0.3) is 5.91 Å². The normalized spacial score (nSPS) is 17.2. The third-order valence-electron chi connectivity index (χ3n) is 5.82. The number of pyridine rings is 2. The molecule has 0 aliphatic carbocycles. The Bertz CT molecular complexity index is 1310. The van der Waals surface area contributed by atoms with Gasteiger partial charge in [-0.25, -0.2) is 8.42 Å². The van der Waals surface area contributed by atoms with Crippen molar-refractivity contribution in [3.05, 3.63) is 70.3 Å². The molecule has 33 heavy (non-hydrogen) atoms. The first-order chi connectivity index (χ1) is 15.9. The second-order valence-corrected chi connectivity index (χ2v) is 9.79. The number of benzene rings is 1.